The van der Waals surface area contributed by atoms with E-state index in [1.165, 1.54) is 19.3 Å². The Kier molecular flexibility index (Phi) is 5.83. The van der Waals surface area contributed by atoms with Gasteiger partial charge in [-0.1, -0.05) is 12.1 Å². The van der Waals surface area contributed by atoms with Crippen LogP contribution in [0.1, 0.15) is 60.5 Å². The van der Waals surface area contributed by atoms with Gasteiger partial charge in [0, 0.05) is 31.0 Å². The standard InChI is InChI=1S/C15H17N3O3.C8H12O2/c1-16-7-9-2-3-10-8-18(15(21)11(10)6-9)12-4-5-13(19)17-14(12)20;1-6(10-5-9)7-4-8(7)2-3-8/h2-3,6,12,16H,4-5,7-8H2,1H3,(H,17,19,20);5-7H,2-4H2,1H3. The van der Waals surface area contributed by atoms with Crippen molar-refractivity contribution in [3.63, 3.8) is 0 Å². The van der Waals surface area contributed by atoms with Crippen LogP contribution in [0.3, 0.4) is 0 Å². The van der Waals surface area contributed by atoms with Crippen molar-refractivity contribution in [3.8, 4) is 0 Å². The van der Waals surface area contributed by atoms with Crippen LogP contribution < -0.4 is 10.6 Å². The van der Waals surface area contributed by atoms with Crippen LogP contribution in [0.15, 0.2) is 18.2 Å². The molecule has 0 radical (unpaired) electrons. The van der Waals surface area contributed by atoms with Crippen LogP contribution in [0, 0.1) is 11.3 Å². The van der Waals surface area contributed by atoms with Gasteiger partial charge in [-0.05, 0) is 62.3 Å². The molecular formula is C23H29N3O5. The van der Waals surface area contributed by atoms with Crippen molar-refractivity contribution >= 4 is 24.2 Å². The number of nitrogens with one attached hydrogen (secondary N) is 2. The third kappa shape index (κ3) is 4.35. The van der Waals surface area contributed by atoms with Crippen molar-refractivity contribution in [3.05, 3.63) is 34.9 Å². The second-order valence-electron chi connectivity index (χ2n) is 9.03. The first kappa shape index (κ1) is 21.5. The monoisotopic (exact) mass is 427 g/mol. The molecule has 166 valence electrons. The van der Waals surface area contributed by atoms with Gasteiger partial charge in [-0.3, -0.25) is 24.5 Å². The van der Waals surface area contributed by atoms with Gasteiger partial charge in [0.1, 0.15) is 12.1 Å². The van der Waals surface area contributed by atoms with Gasteiger partial charge in [0.15, 0.2) is 0 Å². The lowest BCUT2D eigenvalue weighted by Crippen LogP contribution is -2.52. The van der Waals surface area contributed by atoms with Crippen molar-refractivity contribution in [1.82, 2.24) is 15.5 Å². The molecule has 5 rings (SSSR count). The number of hydrogen-bond acceptors (Lipinski definition) is 6. The quantitative estimate of drug-likeness (QED) is 0.527. The molecule has 2 aliphatic carbocycles. The average Bonchev–Trinajstić information content (AvgIpc) is 3.65. The second-order valence-corrected chi connectivity index (χ2v) is 9.03. The van der Waals surface area contributed by atoms with Gasteiger partial charge in [-0.2, -0.15) is 0 Å². The zero-order valence-corrected chi connectivity index (χ0v) is 18.0. The van der Waals surface area contributed by atoms with Crippen molar-refractivity contribution in [1.29, 1.82) is 0 Å². The Labute approximate surface area is 181 Å². The van der Waals surface area contributed by atoms with E-state index in [9.17, 15) is 19.2 Å². The third-order valence-corrected chi connectivity index (χ3v) is 6.96. The highest BCUT2D eigenvalue weighted by Gasteiger charge is 2.64. The van der Waals surface area contributed by atoms with Crippen LogP contribution in [0.4, 0.5) is 0 Å². The third-order valence-electron chi connectivity index (χ3n) is 6.96. The molecule has 2 N–H and O–H groups in total. The summed E-state index contributed by atoms with van der Waals surface area (Å²) in [6.07, 6.45) is 4.87. The highest BCUT2D eigenvalue weighted by Crippen LogP contribution is 2.71. The van der Waals surface area contributed by atoms with E-state index in [0.717, 1.165) is 11.1 Å². The van der Waals surface area contributed by atoms with Crippen LogP contribution in [0.2, 0.25) is 0 Å². The Morgan fingerprint density at radius 1 is 1.32 bits per heavy atom. The van der Waals surface area contributed by atoms with Crippen molar-refractivity contribution in [2.75, 3.05) is 7.05 Å². The lowest BCUT2D eigenvalue weighted by atomic mass is 10.0. The van der Waals surface area contributed by atoms with Gasteiger partial charge < -0.3 is 15.0 Å². The smallest absolute Gasteiger partial charge is 0.293 e. The molecule has 3 unspecified atom stereocenters. The lowest BCUT2D eigenvalue weighted by molar-refractivity contribution is -0.137. The molecule has 2 aliphatic heterocycles. The largest absolute Gasteiger partial charge is 0.465 e. The van der Waals surface area contributed by atoms with Crippen molar-refractivity contribution < 1.29 is 23.9 Å². The molecule has 1 spiro atoms. The lowest BCUT2D eigenvalue weighted by Gasteiger charge is -2.29. The van der Waals surface area contributed by atoms with E-state index in [1.54, 1.807) is 4.90 Å². The number of imide groups is 1. The summed E-state index contributed by atoms with van der Waals surface area (Å²) >= 11 is 0. The molecule has 3 amide bonds. The summed E-state index contributed by atoms with van der Waals surface area (Å²) in [7, 11) is 1.85. The minimum Gasteiger partial charge on any atom is -0.465 e. The number of hydrogen-bond donors (Lipinski definition) is 2. The molecule has 1 aromatic carbocycles. The molecule has 0 bridgehead atoms. The van der Waals surface area contributed by atoms with E-state index in [0.29, 0.717) is 42.9 Å². The number of fused-ring (bicyclic) bond motifs is 1. The number of ether oxygens (including phenoxy) is 1. The average molecular weight is 428 g/mol. The van der Waals surface area contributed by atoms with E-state index in [4.69, 9.17) is 4.74 Å². The van der Waals surface area contributed by atoms with E-state index in [1.807, 2.05) is 32.2 Å². The highest BCUT2D eigenvalue weighted by molar-refractivity contribution is 6.05. The molecule has 3 atom stereocenters. The Hall–Kier alpha value is -2.74. The molecule has 0 aromatic heterocycles. The maximum Gasteiger partial charge on any atom is 0.293 e. The van der Waals surface area contributed by atoms with Crippen molar-refractivity contribution in [2.24, 2.45) is 11.3 Å². The SMILES string of the molecule is CC(OC=O)C1CC12CC2.CNCc1ccc2c(c1)C(=O)N(C1CCC(=O)NC1=O)C2. The van der Waals surface area contributed by atoms with Crippen LogP contribution in [0.25, 0.3) is 0 Å². The summed E-state index contributed by atoms with van der Waals surface area (Å²) in [6, 6.07) is 5.25. The maximum absolute atomic E-state index is 12.5. The predicted octanol–water partition coefficient (Wildman–Crippen LogP) is 1.51. The van der Waals surface area contributed by atoms with Crippen LogP contribution in [-0.4, -0.2) is 48.3 Å². The molecule has 4 aliphatic rings. The fourth-order valence-corrected chi connectivity index (χ4v) is 4.88. The molecule has 1 aromatic rings. The summed E-state index contributed by atoms with van der Waals surface area (Å²) in [5.74, 6) is -0.0743. The second kappa shape index (κ2) is 8.42. The zero-order chi connectivity index (χ0) is 22.2. The number of piperidine rings is 1. The topological polar surface area (TPSA) is 105 Å². The Bertz CT molecular complexity index is 910. The predicted molar refractivity (Wildman–Crippen MR) is 112 cm³/mol. The van der Waals surface area contributed by atoms with Crippen LogP contribution in [0.5, 0.6) is 0 Å². The van der Waals surface area contributed by atoms with Gasteiger partial charge in [0.25, 0.3) is 12.4 Å². The molecule has 2 saturated carbocycles. The molecule has 8 nitrogen and oxygen atoms in total. The minimum absolute atomic E-state index is 0.127. The first-order chi connectivity index (χ1) is 14.9. The number of carbonyl (C=O) groups excluding carboxylic acids is 4. The van der Waals surface area contributed by atoms with Crippen LogP contribution >= 0.6 is 0 Å². The zero-order valence-electron chi connectivity index (χ0n) is 18.0. The number of nitrogens with zero attached hydrogens (tertiary/aromatic N) is 1. The molecule has 8 heteroatoms. The van der Waals surface area contributed by atoms with E-state index in [-0.39, 0.29) is 30.2 Å². The Morgan fingerprint density at radius 2 is 2.10 bits per heavy atom. The number of amides is 3. The molecule has 31 heavy (non-hydrogen) atoms. The van der Waals surface area contributed by atoms with Gasteiger partial charge in [-0.25, -0.2) is 0 Å². The number of benzene rings is 1. The van der Waals surface area contributed by atoms with Crippen molar-refractivity contribution in [2.45, 2.75) is 64.3 Å². The summed E-state index contributed by atoms with van der Waals surface area (Å²) in [5, 5.41) is 5.35. The van der Waals surface area contributed by atoms with Gasteiger partial charge in [0.05, 0.1) is 0 Å². The summed E-state index contributed by atoms with van der Waals surface area (Å²) in [6.45, 7) is 3.68. The fraction of sp³-hybridized carbons (Fsp3) is 0.565. The van der Waals surface area contributed by atoms with E-state index >= 15 is 0 Å². The normalized spacial score (nSPS) is 25.9. The highest BCUT2D eigenvalue weighted by atomic mass is 16.5. The Balaban J connectivity index is 0.000000192. The van der Waals surface area contributed by atoms with Gasteiger partial charge in [-0.15, -0.1) is 0 Å². The first-order valence-corrected chi connectivity index (χ1v) is 10.9. The van der Waals surface area contributed by atoms with Gasteiger partial charge in [0.2, 0.25) is 11.8 Å². The minimum atomic E-state index is -0.546. The summed E-state index contributed by atoms with van der Waals surface area (Å²) in [5.41, 5.74) is 3.29. The maximum atomic E-state index is 12.5. The summed E-state index contributed by atoms with van der Waals surface area (Å²) < 4.78 is 4.86. The van der Waals surface area contributed by atoms with Gasteiger partial charge >= 0.3 is 0 Å². The molecule has 2 heterocycles. The molecule has 1 saturated heterocycles. The summed E-state index contributed by atoms with van der Waals surface area (Å²) in [4.78, 5) is 47.2. The fourth-order valence-electron chi connectivity index (χ4n) is 4.88. The van der Waals surface area contributed by atoms with E-state index in [2.05, 4.69) is 10.6 Å². The Morgan fingerprint density at radius 3 is 2.71 bits per heavy atom. The number of carbonyl (C=O) groups is 4. The number of rotatable bonds is 6. The molecule has 3 fully saturated rings. The molecular weight excluding hydrogens is 398 g/mol. The first-order valence-electron chi connectivity index (χ1n) is 10.9. The van der Waals surface area contributed by atoms with E-state index < -0.39 is 6.04 Å². The van der Waals surface area contributed by atoms with Crippen LogP contribution in [-0.2, 0) is 32.2 Å².